The minimum atomic E-state index is 0.103. The maximum atomic E-state index is 12.5. The van der Waals surface area contributed by atoms with Crippen LogP contribution in [-0.2, 0) is 11.3 Å². The molecule has 1 heterocycles. The van der Waals surface area contributed by atoms with E-state index < -0.39 is 0 Å². The Morgan fingerprint density at radius 1 is 1.47 bits per heavy atom. The summed E-state index contributed by atoms with van der Waals surface area (Å²) in [6.07, 6.45) is 5.29. The molecule has 2 atom stereocenters. The fourth-order valence-corrected chi connectivity index (χ4v) is 3.38. The van der Waals surface area contributed by atoms with Gasteiger partial charge in [0.2, 0.25) is 5.91 Å². The normalized spacial score (nSPS) is 25.8. The Morgan fingerprint density at radius 2 is 2.26 bits per heavy atom. The fourth-order valence-electron chi connectivity index (χ4n) is 3.38. The average molecular weight is 260 g/mol. The molecule has 0 saturated heterocycles. The predicted octanol–water partition coefficient (Wildman–Crippen LogP) is 3.16. The number of hydrogen-bond donors (Lipinski definition) is 1. The first-order chi connectivity index (χ1) is 9.00. The SMILES string of the molecule is CC1CCCC(C)(C)C1C(=O)NCc1ccccn1. The number of nitrogens with one attached hydrogen (secondary N) is 1. The third-order valence-corrected chi connectivity index (χ3v) is 4.34. The minimum absolute atomic E-state index is 0.103. The Balaban J connectivity index is 1.98. The molecule has 1 aromatic heterocycles. The van der Waals surface area contributed by atoms with Crippen molar-refractivity contribution in [1.29, 1.82) is 0 Å². The van der Waals surface area contributed by atoms with Crippen molar-refractivity contribution in [2.24, 2.45) is 17.3 Å². The first-order valence-corrected chi connectivity index (χ1v) is 7.18. The van der Waals surface area contributed by atoms with E-state index in [1.54, 1.807) is 6.20 Å². The lowest BCUT2D eigenvalue weighted by molar-refractivity contribution is -0.133. The van der Waals surface area contributed by atoms with Crippen LogP contribution in [0.25, 0.3) is 0 Å². The van der Waals surface area contributed by atoms with E-state index in [-0.39, 0.29) is 17.2 Å². The fraction of sp³-hybridized carbons (Fsp3) is 0.625. The summed E-state index contributed by atoms with van der Waals surface area (Å²) in [6.45, 7) is 7.16. The number of hydrogen-bond acceptors (Lipinski definition) is 2. The minimum Gasteiger partial charge on any atom is -0.350 e. The maximum Gasteiger partial charge on any atom is 0.224 e. The predicted molar refractivity (Wildman–Crippen MR) is 76.4 cm³/mol. The molecular weight excluding hydrogens is 236 g/mol. The molecule has 3 nitrogen and oxygen atoms in total. The summed E-state index contributed by atoms with van der Waals surface area (Å²) >= 11 is 0. The number of aromatic nitrogens is 1. The molecular formula is C16H24N2O. The van der Waals surface area contributed by atoms with Crippen LogP contribution in [0.1, 0.15) is 45.7 Å². The van der Waals surface area contributed by atoms with Crippen LogP contribution in [0.2, 0.25) is 0 Å². The molecule has 1 N–H and O–H groups in total. The molecule has 19 heavy (non-hydrogen) atoms. The van der Waals surface area contributed by atoms with E-state index >= 15 is 0 Å². The number of carbonyl (C=O) groups is 1. The van der Waals surface area contributed by atoms with Gasteiger partial charge in [0.1, 0.15) is 0 Å². The van der Waals surface area contributed by atoms with E-state index in [1.165, 1.54) is 6.42 Å². The van der Waals surface area contributed by atoms with Crippen LogP contribution in [0.5, 0.6) is 0 Å². The Bertz CT molecular complexity index is 428. The molecule has 1 fully saturated rings. The Morgan fingerprint density at radius 3 is 2.89 bits per heavy atom. The third kappa shape index (κ3) is 3.34. The Kier molecular flexibility index (Phi) is 4.23. The highest BCUT2D eigenvalue weighted by atomic mass is 16.1. The molecule has 0 aromatic carbocycles. The highest BCUT2D eigenvalue weighted by Crippen LogP contribution is 2.43. The van der Waals surface area contributed by atoms with E-state index in [0.717, 1.165) is 18.5 Å². The van der Waals surface area contributed by atoms with Gasteiger partial charge in [-0.15, -0.1) is 0 Å². The number of pyridine rings is 1. The van der Waals surface area contributed by atoms with Crippen molar-refractivity contribution < 1.29 is 4.79 Å². The van der Waals surface area contributed by atoms with Crippen molar-refractivity contribution in [3.8, 4) is 0 Å². The molecule has 1 aliphatic carbocycles. The lowest BCUT2D eigenvalue weighted by Crippen LogP contribution is -2.44. The van der Waals surface area contributed by atoms with Gasteiger partial charge in [0.15, 0.2) is 0 Å². The molecule has 0 radical (unpaired) electrons. The lowest BCUT2D eigenvalue weighted by atomic mass is 9.64. The summed E-state index contributed by atoms with van der Waals surface area (Å²) in [4.78, 5) is 16.7. The average Bonchev–Trinajstić information content (AvgIpc) is 2.36. The number of nitrogens with zero attached hydrogens (tertiary/aromatic N) is 1. The Hall–Kier alpha value is -1.38. The van der Waals surface area contributed by atoms with E-state index in [2.05, 4.69) is 31.1 Å². The van der Waals surface area contributed by atoms with Crippen molar-refractivity contribution in [3.63, 3.8) is 0 Å². The van der Waals surface area contributed by atoms with Crippen LogP contribution in [0.15, 0.2) is 24.4 Å². The van der Waals surface area contributed by atoms with Crippen LogP contribution < -0.4 is 5.32 Å². The van der Waals surface area contributed by atoms with Crippen LogP contribution in [0, 0.1) is 17.3 Å². The molecule has 1 amide bonds. The zero-order valence-corrected chi connectivity index (χ0v) is 12.1. The summed E-state index contributed by atoms with van der Waals surface area (Å²) in [5, 5.41) is 3.05. The molecule has 2 unspecified atom stereocenters. The molecule has 2 rings (SSSR count). The molecule has 104 valence electrons. The number of rotatable bonds is 3. The van der Waals surface area contributed by atoms with Gasteiger partial charge in [0.25, 0.3) is 0 Å². The zero-order chi connectivity index (χ0) is 13.9. The van der Waals surface area contributed by atoms with Gasteiger partial charge in [0.05, 0.1) is 12.2 Å². The molecule has 0 spiro atoms. The lowest BCUT2D eigenvalue weighted by Gasteiger charge is -2.41. The van der Waals surface area contributed by atoms with Gasteiger partial charge in [-0.2, -0.15) is 0 Å². The van der Waals surface area contributed by atoms with E-state index in [1.807, 2.05) is 18.2 Å². The second-order valence-corrected chi connectivity index (χ2v) is 6.37. The summed E-state index contributed by atoms with van der Waals surface area (Å²) in [5.41, 5.74) is 1.02. The molecule has 0 aliphatic heterocycles. The van der Waals surface area contributed by atoms with Gasteiger partial charge in [-0.05, 0) is 36.3 Å². The summed E-state index contributed by atoms with van der Waals surface area (Å²) in [6, 6.07) is 5.77. The second-order valence-electron chi connectivity index (χ2n) is 6.37. The standard InChI is InChI=1S/C16H24N2O/c1-12-7-6-9-16(2,3)14(12)15(19)18-11-13-8-4-5-10-17-13/h4-5,8,10,12,14H,6-7,9,11H2,1-3H3,(H,18,19). The van der Waals surface area contributed by atoms with Crippen LogP contribution in [0.4, 0.5) is 0 Å². The van der Waals surface area contributed by atoms with Gasteiger partial charge in [0, 0.05) is 12.1 Å². The topological polar surface area (TPSA) is 42.0 Å². The monoisotopic (exact) mass is 260 g/mol. The van der Waals surface area contributed by atoms with E-state index in [0.29, 0.717) is 12.5 Å². The van der Waals surface area contributed by atoms with Crippen LogP contribution in [0.3, 0.4) is 0 Å². The molecule has 0 bridgehead atoms. The first kappa shape index (κ1) is 14.0. The van der Waals surface area contributed by atoms with Crippen molar-refractivity contribution in [2.45, 2.75) is 46.6 Å². The molecule has 3 heteroatoms. The second kappa shape index (κ2) is 5.72. The number of amides is 1. The van der Waals surface area contributed by atoms with Gasteiger partial charge >= 0.3 is 0 Å². The summed E-state index contributed by atoms with van der Waals surface area (Å²) in [7, 11) is 0. The zero-order valence-electron chi connectivity index (χ0n) is 12.1. The summed E-state index contributed by atoms with van der Waals surface area (Å²) in [5.74, 6) is 0.764. The molecule has 1 aromatic rings. The highest BCUT2D eigenvalue weighted by Gasteiger charge is 2.41. The van der Waals surface area contributed by atoms with Crippen molar-refractivity contribution in [1.82, 2.24) is 10.3 Å². The van der Waals surface area contributed by atoms with Gasteiger partial charge in [-0.25, -0.2) is 0 Å². The Labute approximate surface area is 115 Å². The van der Waals surface area contributed by atoms with Crippen molar-refractivity contribution in [3.05, 3.63) is 30.1 Å². The van der Waals surface area contributed by atoms with E-state index in [9.17, 15) is 4.79 Å². The smallest absolute Gasteiger partial charge is 0.224 e. The van der Waals surface area contributed by atoms with Gasteiger partial charge in [-0.1, -0.05) is 33.3 Å². The van der Waals surface area contributed by atoms with Gasteiger partial charge < -0.3 is 5.32 Å². The molecule has 1 saturated carbocycles. The molecule has 1 aliphatic rings. The van der Waals surface area contributed by atoms with E-state index in [4.69, 9.17) is 0 Å². The first-order valence-electron chi connectivity index (χ1n) is 7.18. The maximum absolute atomic E-state index is 12.5. The highest BCUT2D eigenvalue weighted by molar-refractivity contribution is 5.79. The number of carbonyl (C=O) groups excluding carboxylic acids is 1. The van der Waals surface area contributed by atoms with Crippen molar-refractivity contribution >= 4 is 5.91 Å². The quantitative estimate of drug-likeness (QED) is 0.907. The van der Waals surface area contributed by atoms with Crippen LogP contribution in [-0.4, -0.2) is 10.9 Å². The van der Waals surface area contributed by atoms with Gasteiger partial charge in [-0.3, -0.25) is 9.78 Å². The largest absolute Gasteiger partial charge is 0.350 e. The third-order valence-electron chi connectivity index (χ3n) is 4.34. The van der Waals surface area contributed by atoms with Crippen LogP contribution >= 0.6 is 0 Å². The summed E-state index contributed by atoms with van der Waals surface area (Å²) < 4.78 is 0. The van der Waals surface area contributed by atoms with Crippen molar-refractivity contribution in [2.75, 3.05) is 0 Å².